The largest absolute Gasteiger partial charge is 0.345 e. The van der Waals surface area contributed by atoms with Crippen LogP contribution in [0.4, 0.5) is 0 Å². The van der Waals surface area contributed by atoms with Crippen LogP contribution in [-0.4, -0.2) is 10.5 Å². The van der Waals surface area contributed by atoms with Crippen molar-refractivity contribution in [3.8, 4) is 0 Å². The van der Waals surface area contributed by atoms with Crippen LogP contribution in [0.3, 0.4) is 0 Å². The summed E-state index contributed by atoms with van der Waals surface area (Å²) in [5.74, 6) is 0.364. The zero-order valence-corrected chi connectivity index (χ0v) is 19.2. The second-order valence-electron chi connectivity index (χ2n) is 8.12. The summed E-state index contributed by atoms with van der Waals surface area (Å²) in [6.07, 6.45) is 6.61. The van der Waals surface area contributed by atoms with Gasteiger partial charge in [0.05, 0.1) is 16.1 Å². The third-order valence-corrected chi connectivity index (χ3v) is 7.12. The molecule has 1 atom stereocenters. The molecule has 0 radical (unpaired) electrons. The Hall–Kier alpha value is -1.88. The van der Waals surface area contributed by atoms with E-state index in [2.05, 4.69) is 40.3 Å². The number of pyridine rings is 1. The molecule has 4 nitrogen and oxygen atoms in total. The average molecular weight is 459 g/mol. The van der Waals surface area contributed by atoms with Gasteiger partial charge in [-0.05, 0) is 66.1 Å². The molecule has 1 N–H and O–H groups in total. The Balaban J connectivity index is 1.98. The Morgan fingerprint density at radius 1 is 1.21 bits per heavy atom. The molecule has 0 unspecified atom stereocenters. The first-order valence-corrected chi connectivity index (χ1v) is 11.5. The van der Waals surface area contributed by atoms with E-state index in [-0.39, 0.29) is 17.5 Å². The highest BCUT2D eigenvalue weighted by Crippen LogP contribution is 2.36. The molecular weight excluding hydrogens is 428 g/mol. The van der Waals surface area contributed by atoms with E-state index < -0.39 is 0 Å². The molecule has 1 aromatic carbocycles. The molecule has 1 heterocycles. The fourth-order valence-electron chi connectivity index (χ4n) is 4.51. The second kappa shape index (κ2) is 9.75. The lowest BCUT2D eigenvalue weighted by Crippen LogP contribution is -2.36. The number of nitrogens with one attached hydrogen (secondary N) is 1. The zero-order valence-electron chi connectivity index (χ0n) is 17.6. The lowest BCUT2D eigenvalue weighted by molar-refractivity contribution is 0.0919. The summed E-state index contributed by atoms with van der Waals surface area (Å²) in [7, 11) is 0. The normalized spacial score (nSPS) is 15.4. The van der Waals surface area contributed by atoms with Crippen molar-refractivity contribution in [3.05, 3.63) is 67.5 Å². The Morgan fingerprint density at radius 3 is 2.48 bits per heavy atom. The molecular formula is C24H31BrN2O2. The summed E-state index contributed by atoms with van der Waals surface area (Å²) in [5, 5.41) is 3.33. The van der Waals surface area contributed by atoms with E-state index in [0.29, 0.717) is 22.5 Å². The maximum Gasteiger partial charge on any atom is 0.265 e. The number of unbranched alkanes of at least 4 members (excludes halogenated alkanes) is 1. The summed E-state index contributed by atoms with van der Waals surface area (Å²) in [6.45, 7) is 6.47. The number of rotatable bonds is 7. The van der Waals surface area contributed by atoms with Crippen LogP contribution >= 0.6 is 15.9 Å². The van der Waals surface area contributed by atoms with Crippen molar-refractivity contribution in [1.29, 1.82) is 0 Å². The lowest BCUT2D eigenvalue weighted by Gasteiger charge is -2.26. The molecule has 2 aromatic rings. The molecule has 0 saturated heterocycles. The monoisotopic (exact) mass is 458 g/mol. The van der Waals surface area contributed by atoms with E-state index in [1.165, 1.54) is 12.8 Å². The molecule has 1 saturated carbocycles. The highest BCUT2D eigenvalue weighted by atomic mass is 79.9. The zero-order chi connectivity index (χ0) is 21.0. The van der Waals surface area contributed by atoms with Crippen LogP contribution in [0.5, 0.6) is 0 Å². The van der Waals surface area contributed by atoms with Gasteiger partial charge in [-0.15, -0.1) is 0 Å². The van der Waals surface area contributed by atoms with Gasteiger partial charge in [0.1, 0.15) is 0 Å². The van der Waals surface area contributed by atoms with Gasteiger partial charge >= 0.3 is 0 Å². The number of carbonyl (C=O) groups is 1. The van der Waals surface area contributed by atoms with Gasteiger partial charge in [0.15, 0.2) is 0 Å². The van der Waals surface area contributed by atoms with Crippen molar-refractivity contribution in [3.63, 3.8) is 0 Å². The standard InChI is InChI=1S/C24H31BrN2O2/c1-4-5-15-27-17(3)20(16(2)21(25)24(27)29)23(28)26-22(19-13-9-10-14-19)18-11-7-6-8-12-18/h6-8,11-12,19,22H,4-5,9-10,13-15H2,1-3H3,(H,26,28)/t22-/m1/s1. The molecule has 0 spiro atoms. The Bertz CT molecular complexity index is 915. The third kappa shape index (κ3) is 4.66. The minimum absolute atomic E-state index is 0.000189. The second-order valence-corrected chi connectivity index (χ2v) is 8.91. The smallest absolute Gasteiger partial charge is 0.265 e. The van der Waals surface area contributed by atoms with Gasteiger partial charge in [-0.3, -0.25) is 9.59 Å². The lowest BCUT2D eigenvalue weighted by atomic mass is 9.91. The summed E-state index contributed by atoms with van der Waals surface area (Å²) in [6, 6.07) is 10.3. The van der Waals surface area contributed by atoms with E-state index in [0.717, 1.165) is 42.5 Å². The van der Waals surface area contributed by atoms with E-state index >= 15 is 0 Å². The van der Waals surface area contributed by atoms with Gasteiger partial charge in [0.25, 0.3) is 11.5 Å². The fourth-order valence-corrected chi connectivity index (χ4v) is 4.92. The van der Waals surface area contributed by atoms with Crippen LogP contribution in [0, 0.1) is 19.8 Å². The van der Waals surface area contributed by atoms with Crippen LogP contribution in [0.1, 0.15) is 78.7 Å². The van der Waals surface area contributed by atoms with Crippen molar-refractivity contribution in [2.75, 3.05) is 0 Å². The minimum Gasteiger partial charge on any atom is -0.345 e. The van der Waals surface area contributed by atoms with E-state index in [4.69, 9.17) is 0 Å². The highest BCUT2D eigenvalue weighted by molar-refractivity contribution is 9.10. The Labute approximate surface area is 181 Å². The fraction of sp³-hybridized carbons (Fsp3) is 0.500. The van der Waals surface area contributed by atoms with Crippen LogP contribution in [0.2, 0.25) is 0 Å². The van der Waals surface area contributed by atoms with Crippen LogP contribution in [0.15, 0.2) is 39.6 Å². The van der Waals surface area contributed by atoms with E-state index in [1.807, 2.05) is 32.0 Å². The van der Waals surface area contributed by atoms with Gasteiger partial charge in [0.2, 0.25) is 0 Å². The third-order valence-electron chi connectivity index (χ3n) is 6.18. The number of hydrogen-bond acceptors (Lipinski definition) is 2. The number of amides is 1. The number of nitrogens with zero attached hydrogens (tertiary/aromatic N) is 1. The summed E-state index contributed by atoms with van der Waals surface area (Å²) in [4.78, 5) is 26.2. The number of aromatic nitrogens is 1. The minimum atomic E-state index is -0.0910. The maximum absolute atomic E-state index is 13.5. The van der Waals surface area contributed by atoms with Gasteiger partial charge in [0, 0.05) is 12.2 Å². The molecule has 3 rings (SSSR count). The number of benzene rings is 1. The van der Waals surface area contributed by atoms with Crippen molar-refractivity contribution in [1.82, 2.24) is 9.88 Å². The average Bonchev–Trinajstić information content (AvgIpc) is 3.26. The topological polar surface area (TPSA) is 51.1 Å². The van der Waals surface area contributed by atoms with Crippen molar-refractivity contribution >= 4 is 21.8 Å². The molecule has 1 aliphatic carbocycles. The van der Waals surface area contributed by atoms with Crippen molar-refractivity contribution in [2.45, 2.75) is 71.9 Å². The quantitative estimate of drug-likeness (QED) is 0.579. The highest BCUT2D eigenvalue weighted by Gasteiger charge is 2.29. The molecule has 29 heavy (non-hydrogen) atoms. The predicted octanol–water partition coefficient (Wildman–Crippen LogP) is 5.69. The molecule has 1 amide bonds. The number of carbonyl (C=O) groups excluding carboxylic acids is 1. The van der Waals surface area contributed by atoms with Crippen LogP contribution in [0.25, 0.3) is 0 Å². The van der Waals surface area contributed by atoms with Gasteiger partial charge < -0.3 is 9.88 Å². The molecule has 156 valence electrons. The molecule has 0 bridgehead atoms. The summed E-state index contributed by atoms with van der Waals surface area (Å²) in [5.41, 5.74) is 3.18. The van der Waals surface area contributed by atoms with Crippen LogP contribution < -0.4 is 10.9 Å². The van der Waals surface area contributed by atoms with E-state index in [1.54, 1.807) is 4.57 Å². The predicted molar refractivity (Wildman–Crippen MR) is 121 cm³/mol. The first kappa shape index (κ1) is 21.8. The molecule has 5 heteroatoms. The van der Waals surface area contributed by atoms with Crippen LogP contribution in [-0.2, 0) is 6.54 Å². The molecule has 1 aliphatic rings. The van der Waals surface area contributed by atoms with Crippen molar-refractivity contribution in [2.24, 2.45) is 5.92 Å². The first-order valence-electron chi connectivity index (χ1n) is 10.7. The summed E-state index contributed by atoms with van der Waals surface area (Å²) < 4.78 is 2.23. The molecule has 1 aromatic heterocycles. The Kier molecular flexibility index (Phi) is 7.33. The summed E-state index contributed by atoms with van der Waals surface area (Å²) >= 11 is 3.44. The van der Waals surface area contributed by atoms with E-state index in [9.17, 15) is 9.59 Å². The molecule has 1 fully saturated rings. The van der Waals surface area contributed by atoms with Gasteiger partial charge in [-0.1, -0.05) is 56.5 Å². The SMILES string of the molecule is CCCCn1c(C)c(C(=O)N[C@H](c2ccccc2)C2CCCC2)c(C)c(Br)c1=O. The van der Waals surface area contributed by atoms with Gasteiger partial charge in [-0.25, -0.2) is 0 Å². The van der Waals surface area contributed by atoms with Gasteiger partial charge in [-0.2, -0.15) is 0 Å². The maximum atomic E-state index is 13.5. The molecule has 0 aliphatic heterocycles. The van der Waals surface area contributed by atoms with Crippen molar-refractivity contribution < 1.29 is 4.79 Å². The Morgan fingerprint density at radius 2 is 1.86 bits per heavy atom. The number of halogens is 1. The first-order chi connectivity index (χ1) is 14.0. The number of hydrogen-bond donors (Lipinski definition) is 1.